The first-order chi connectivity index (χ1) is 13.3. The number of piperidine rings is 1. The lowest BCUT2D eigenvalue weighted by Crippen LogP contribution is -2.34. The van der Waals surface area contributed by atoms with Gasteiger partial charge < -0.3 is 4.74 Å². The lowest BCUT2D eigenvalue weighted by molar-refractivity contribution is 0.198. The van der Waals surface area contributed by atoms with E-state index in [-0.39, 0.29) is 0 Å². The van der Waals surface area contributed by atoms with Crippen molar-refractivity contribution < 1.29 is 4.74 Å². The van der Waals surface area contributed by atoms with E-state index in [4.69, 9.17) is 4.74 Å². The lowest BCUT2D eigenvalue weighted by Gasteiger charge is -2.32. The number of ether oxygens (including phenoxy) is 1. The Morgan fingerprint density at radius 2 is 1.96 bits per heavy atom. The summed E-state index contributed by atoms with van der Waals surface area (Å²) in [5.41, 5.74) is 3.17. The first-order valence-electron chi connectivity index (χ1n) is 9.26. The molecule has 1 aromatic carbocycles. The second-order valence-corrected chi connectivity index (χ2v) is 6.82. The second-order valence-electron chi connectivity index (χ2n) is 6.82. The molecule has 0 N–H and O–H groups in total. The van der Waals surface area contributed by atoms with Gasteiger partial charge in [-0.15, -0.1) is 0 Å². The SMILES string of the molecule is COc1ccccc1-c1ncc(CN2CCC[C@H](c3ccncn3)C2)cn1. The molecule has 1 aliphatic rings. The number of hydrogen-bond donors (Lipinski definition) is 0. The van der Waals surface area contributed by atoms with Gasteiger partial charge in [0.1, 0.15) is 12.1 Å². The van der Waals surface area contributed by atoms with E-state index in [1.807, 2.05) is 48.9 Å². The molecule has 4 rings (SSSR count). The molecule has 1 fully saturated rings. The quantitative estimate of drug-likeness (QED) is 0.695. The first-order valence-corrected chi connectivity index (χ1v) is 9.26. The highest BCUT2D eigenvalue weighted by molar-refractivity contribution is 5.63. The summed E-state index contributed by atoms with van der Waals surface area (Å²) in [7, 11) is 1.66. The number of benzene rings is 1. The maximum absolute atomic E-state index is 5.41. The third-order valence-corrected chi connectivity index (χ3v) is 4.99. The lowest BCUT2D eigenvalue weighted by atomic mass is 9.94. The molecule has 6 heteroatoms. The molecule has 3 heterocycles. The molecule has 0 amide bonds. The molecule has 0 radical (unpaired) electrons. The molecule has 0 unspecified atom stereocenters. The zero-order chi connectivity index (χ0) is 18.5. The maximum Gasteiger partial charge on any atom is 0.162 e. The largest absolute Gasteiger partial charge is 0.496 e. The summed E-state index contributed by atoms with van der Waals surface area (Å²) in [5, 5.41) is 0. The van der Waals surface area contributed by atoms with Crippen molar-refractivity contribution in [3.8, 4) is 17.1 Å². The molecular formula is C21H23N5O. The Hall–Kier alpha value is -2.86. The Morgan fingerprint density at radius 1 is 1.11 bits per heavy atom. The predicted molar refractivity (Wildman–Crippen MR) is 103 cm³/mol. The van der Waals surface area contributed by atoms with Crippen molar-refractivity contribution in [2.75, 3.05) is 20.2 Å². The summed E-state index contributed by atoms with van der Waals surface area (Å²) in [6, 6.07) is 9.84. The fraction of sp³-hybridized carbons (Fsp3) is 0.333. The Labute approximate surface area is 159 Å². The number of aromatic nitrogens is 4. The van der Waals surface area contributed by atoms with Gasteiger partial charge in [-0.3, -0.25) is 4.90 Å². The van der Waals surface area contributed by atoms with Gasteiger partial charge in [0.25, 0.3) is 0 Å². The van der Waals surface area contributed by atoms with Gasteiger partial charge in [-0.25, -0.2) is 19.9 Å². The molecule has 3 aromatic rings. The molecule has 0 spiro atoms. The van der Waals surface area contributed by atoms with E-state index in [9.17, 15) is 0 Å². The van der Waals surface area contributed by atoms with Crippen LogP contribution in [0.15, 0.2) is 55.2 Å². The van der Waals surface area contributed by atoms with Crippen LogP contribution in [0.4, 0.5) is 0 Å². The molecule has 0 saturated carbocycles. The van der Waals surface area contributed by atoms with Crippen molar-refractivity contribution in [2.45, 2.75) is 25.3 Å². The molecule has 0 bridgehead atoms. The molecule has 27 heavy (non-hydrogen) atoms. The van der Waals surface area contributed by atoms with E-state index < -0.39 is 0 Å². The van der Waals surface area contributed by atoms with Crippen molar-refractivity contribution in [1.29, 1.82) is 0 Å². The predicted octanol–water partition coefficient (Wildman–Crippen LogP) is 3.32. The fourth-order valence-electron chi connectivity index (χ4n) is 3.65. The van der Waals surface area contributed by atoms with Crippen molar-refractivity contribution in [1.82, 2.24) is 24.8 Å². The Balaban J connectivity index is 1.44. The van der Waals surface area contributed by atoms with E-state index in [0.717, 1.165) is 42.2 Å². The van der Waals surface area contributed by atoms with E-state index in [1.54, 1.807) is 13.4 Å². The average molecular weight is 361 g/mol. The van der Waals surface area contributed by atoms with Crippen LogP contribution in [0.1, 0.15) is 30.0 Å². The number of para-hydroxylation sites is 1. The number of likely N-dealkylation sites (tertiary alicyclic amines) is 1. The van der Waals surface area contributed by atoms with Gasteiger partial charge in [-0.1, -0.05) is 12.1 Å². The van der Waals surface area contributed by atoms with Crippen LogP contribution in [0.5, 0.6) is 5.75 Å². The van der Waals surface area contributed by atoms with E-state index in [0.29, 0.717) is 11.7 Å². The van der Waals surface area contributed by atoms with E-state index in [1.165, 1.54) is 12.8 Å². The number of methoxy groups -OCH3 is 1. The monoisotopic (exact) mass is 361 g/mol. The minimum absolute atomic E-state index is 0.468. The average Bonchev–Trinajstić information content (AvgIpc) is 2.75. The molecule has 1 saturated heterocycles. The highest BCUT2D eigenvalue weighted by atomic mass is 16.5. The summed E-state index contributed by atoms with van der Waals surface area (Å²) in [6.45, 7) is 2.95. The summed E-state index contributed by atoms with van der Waals surface area (Å²) in [4.78, 5) is 20.0. The minimum atomic E-state index is 0.468. The normalized spacial score (nSPS) is 17.6. The second kappa shape index (κ2) is 8.22. The molecule has 1 aliphatic heterocycles. The van der Waals surface area contributed by atoms with Gasteiger partial charge >= 0.3 is 0 Å². The number of nitrogens with zero attached hydrogens (tertiary/aromatic N) is 5. The van der Waals surface area contributed by atoms with Gasteiger partial charge in [-0.05, 0) is 37.6 Å². The summed E-state index contributed by atoms with van der Waals surface area (Å²) in [5.74, 6) is 1.94. The summed E-state index contributed by atoms with van der Waals surface area (Å²) < 4.78 is 5.41. The Morgan fingerprint density at radius 3 is 2.74 bits per heavy atom. The van der Waals surface area contributed by atoms with Gasteiger partial charge in [0.15, 0.2) is 5.82 Å². The van der Waals surface area contributed by atoms with Crippen molar-refractivity contribution in [3.05, 3.63) is 66.5 Å². The zero-order valence-corrected chi connectivity index (χ0v) is 15.5. The van der Waals surface area contributed by atoms with Crippen LogP contribution in [0.25, 0.3) is 11.4 Å². The molecule has 1 atom stereocenters. The summed E-state index contributed by atoms with van der Waals surface area (Å²) >= 11 is 0. The van der Waals surface area contributed by atoms with Crippen LogP contribution in [-0.2, 0) is 6.54 Å². The third kappa shape index (κ3) is 4.11. The standard InChI is InChI=1S/C21H23N5O/c1-27-20-7-3-2-6-18(20)21-23-11-16(12-24-21)13-26-10-4-5-17(14-26)19-8-9-22-15-25-19/h2-3,6-9,11-12,15,17H,4-5,10,13-14H2,1H3/t17-/m0/s1. The minimum Gasteiger partial charge on any atom is -0.496 e. The molecule has 2 aromatic heterocycles. The third-order valence-electron chi connectivity index (χ3n) is 4.99. The molecule has 138 valence electrons. The fourth-order valence-corrected chi connectivity index (χ4v) is 3.65. The zero-order valence-electron chi connectivity index (χ0n) is 15.5. The topological polar surface area (TPSA) is 64.0 Å². The van der Waals surface area contributed by atoms with Crippen molar-refractivity contribution in [3.63, 3.8) is 0 Å². The van der Waals surface area contributed by atoms with Crippen LogP contribution in [0.3, 0.4) is 0 Å². The highest BCUT2D eigenvalue weighted by Crippen LogP contribution is 2.28. The Bertz CT molecular complexity index is 869. The van der Waals surface area contributed by atoms with Crippen molar-refractivity contribution >= 4 is 0 Å². The first kappa shape index (κ1) is 17.5. The summed E-state index contributed by atoms with van der Waals surface area (Å²) in [6.07, 6.45) is 9.65. The van der Waals surface area contributed by atoms with Gasteiger partial charge in [0, 0.05) is 48.9 Å². The smallest absolute Gasteiger partial charge is 0.162 e. The molecular weight excluding hydrogens is 338 g/mol. The molecule has 6 nitrogen and oxygen atoms in total. The van der Waals surface area contributed by atoms with Crippen LogP contribution < -0.4 is 4.74 Å². The van der Waals surface area contributed by atoms with Crippen LogP contribution >= 0.6 is 0 Å². The number of hydrogen-bond acceptors (Lipinski definition) is 6. The van der Waals surface area contributed by atoms with Crippen LogP contribution in [-0.4, -0.2) is 45.0 Å². The van der Waals surface area contributed by atoms with Gasteiger partial charge in [0.05, 0.1) is 12.7 Å². The van der Waals surface area contributed by atoms with Gasteiger partial charge in [-0.2, -0.15) is 0 Å². The van der Waals surface area contributed by atoms with E-state index in [2.05, 4.69) is 24.8 Å². The van der Waals surface area contributed by atoms with Crippen LogP contribution in [0.2, 0.25) is 0 Å². The maximum atomic E-state index is 5.41. The number of rotatable bonds is 5. The van der Waals surface area contributed by atoms with Crippen LogP contribution in [0, 0.1) is 0 Å². The highest BCUT2D eigenvalue weighted by Gasteiger charge is 2.22. The molecule has 0 aliphatic carbocycles. The van der Waals surface area contributed by atoms with E-state index >= 15 is 0 Å². The van der Waals surface area contributed by atoms with Crippen molar-refractivity contribution in [2.24, 2.45) is 0 Å². The van der Waals surface area contributed by atoms with Gasteiger partial charge in [0.2, 0.25) is 0 Å². The Kier molecular flexibility index (Phi) is 5.34.